The SMILES string of the molecule is CCCCCCCCCCCCCCCCCCCCCC(O)C(CO)NC(=O)CCCCCCCCCCCCCCCCCCCCCCCCCCCCCCOC(=O)CCCCCCCCCCCCCCCCC. The van der Waals surface area contributed by atoms with Crippen LogP contribution in [-0.2, 0) is 14.3 Å². The van der Waals surface area contributed by atoms with Gasteiger partial charge in [0.15, 0.2) is 0 Å². The molecule has 0 aromatic carbocycles. The maximum Gasteiger partial charge on any atom is 0.305 e. The fraction of sp³-hybridized carbons (Fsp3) is 0.973. The van der Waals surface area contributed by atoms with Crippen LogP contribution in [0.15, 0.2) is 0 Å². The molecule has 2 atom stereocenters. The van der Waals surface area contributed by atoms with E-state index in [2.05, 4.69) is 19.2 Å². The summed E-state index contributed by atoms with van der Waals surface area (Å²) in [5, 5.41) is 23.4. The van der Waals surface area contributed by atoms with E-state index in [0.717, 1.165) is 38.5 Å². The van der Waals surface area contributed by atoms with E-state index < -0.39 is 12.1 Å². The van der Waals surface area contributed by atoms with E-state index in [1.165, 1.54) is 360 Å². The van der Waals surface area contributed by atoms with Crippen molar-refractivity contribution >= 4 is 11.9 Å². The van der Waals surface area contributed by atoms with Gasteiger partial charge < -0.3 is 20.3 Å². The van der Waals surface area contributed by atoms with Gasteiger partial charge >= 0.3 is 5.97 Å². The molecule has 0 rings (SSSR count). The summed E-state index contributed by atoms with van der Waals surface area (Å²) < 4.78 is 5.50. The summed E-state index contributed by atoms with van der Waals surface area (Å²) in [6.07, 6.45) is 84.5. The average molecular weight is 1120 g/mol. The van der Waals surface area contributed by atoms with Gasteiger partial charge in [0.05, 0.1) is 25.4 Å². The van der Waals surface area contributed by atoms with Gasteiger partial charge in [0.2, 0.25) is 5.91 Å². The molecule has 0 aliphatic carbocycles. The Bertz CT molecular complexity index is 1150. The number of hydrogen-bond donors (Lipinski definition) is 3. The van der Waals surface area contributed by atoms with Gasteiger partial charge in [-0.3, -0.25) is 9.59 Å². The van der Waals surface area contributed by atoms with Crippen molar-refractivity contribution in [1.82, 2.24) is 5.32 Å². The first-order chi connectivity index (χ1) is 39.0. The van der Waals surface area contributed by atoms with Crippen LogP contribution in [0.2, 0.25) is 0 Å². The molecule has 0 fully saturated rings. The number of rotatable bonds is 70. The zero-order valence-electron chi connectivity index (χ0n) is 54.2. The smallest absolute Gasteiger partial charge is 0.305 e. The molecule has 0 aromatic rings. The Hall–Kier alpha value is -1.14. The molecule has 0 saturated carbocycles. The third-order valence-corrected chi connectivity index (χ3v) is 17.7. The van der Waals surface area contributed by atoms with Gasteiger partial charge in [-0.15, -0.1) is 0 Å². The van der Waals surface area contributed by atoms with Crippen LogP contribution in [0.4, 0.5) is 0 Å². The van der Waals surface area contributed by atoms with Gasteiger partial charge in [-0.25, -0.2) is 0 Å². The van der Waals surface area contributed by atoms with Gasteiger partial charge in [0.25, 0.3) is 0 Å². The highest BCUT2D eigenvalue weighted by atomic mass is 16.5. The minimum atomic E-state index is -0.662. The van der Waals surface area contributed by atoms with Crippen LogP contribution in [0.25, 0.3) is 0 Å². The molecule has 6 heteroatoms. The second-order valence-electron chi connectivity index (χ2n) is 25.6. The quantitative estimate of drug-likeness (QED) is 0.0417. The first-order valence-corrected chi connectivity index (χ1v) is 36.8. The second kappa shape index (κ2) is 69.4. The molecule has 0 spiro atoms. The Balaban J connectivity index is 3.33. The minimum Gasteiger partial charge on any atom is -0.466 e. The van der Waals surface area contributed by atoms with Gasteiger partial charge in [-0.05, 0) is 25.7 Å². The van der Waals surface area contributed by atoms with Crippen molar-refractivity contribution in [3.05, 3.63) is 0 Å². The fourth-order valence-electron chi connectivity index (χ4n) is 12.1. The Kier molecular flexibility index (Phi) is 68.4. The standard InChI is InChI=1S/C73H145NO5/c1-3-5-7-9-11-13-15-17-19-20-31-34-38-41-45-49-53-57-61-65-71(76)70(69-75)74-72(77)66-62-58-54-50-46-42-39-35-32-29-27-25-23-21-22-24-26-28-30-33-36-40-44-48-52-56-60-64-68-79-73(78)67-63-59-55-51-47-43-37-18-16-14-12-10-8-6-4-2/h70-71,75-76H,3-69H2,1-2H3,(H,74,77). The number of amides is 1. The summed E-state index contributed by atoms with van der Waals surface area (Å²) in [7, 11) is 0. The lowest BCUT2D eigenvalue weighted by molar-refractivity contribution is -0.143. The third-order valence-electron chi connectivity index (χ3n) is 17.7. The largest absolute Gasteiger partial charge is 0.466 e. The van der Waals surface area contributed by atoms with Gasteiger partial charge in [-0.1, -0.05) is 393 Å². The Labute approximate surface area is 496 Å². The molecule has 3 N–H and O–H groups in total. The van der Waals surface area contributed by atoms with Crippen LogP contribution in [0, 0.1) is 0 Å². The molecule has 6 nitrogen and oxygen atoms in total. The molecule has 0 heterocycles. The molecular weight excluding hydrogens is 971 g/mol. The van der Waals surface area contributed by atoms with E-state index in [1.807, 2.05) is 0 Å². The highest BCUT2D eigenvalue weighted by molar-refractivity contribution is 5.76. The maximum absolute atomic E-state index is 12.5. The number of ether oxygens (including phenoxy) is 1. The van der Waals surface area contributed by atoms with Crippen LogP contribution in [-0.4, -0.2) is 47.4 Å². The Morgan fingerprint density at radius 2 is 0.519 bits per heavy atom. The first-order valence-electron chi connectivity index (χ1n) is 36.8. The lowest BCUT2D eigenvalue weighted by Crippen LogP contribution is -2.45. The van der Waals surface area contributed by atoms with Crippen LogP contribution < -0.4 is 5.32 Å². The highest BCUT2D eigenvalue weighted by Crippen LogP contribution is 2.20. The number of unbranched alkanes of at least 4 members (excludes halogenated alkanes) is 59. The van der Waals surface area contributed by atoms with Gasteiger partial charge in [0, 0.05) is 12.8 Å². The average Bonchev–Trinajstić information content (AvgIpc) is 3.45. The predicted octanol–water partition coefficient (Wildman–Crippen LogP) is 23.8. The summed E-state index contributed by atoms with van der Waals surface area (Å²) in [4.78, 5) is 24.6. The molecule has 472 valence electrons. The van der Waals surface area contributed by atoms with Crippen molar-refractivity contribution in [1.29, 1.82) is 0 Å². The molecule has 0 aliphatic heterocycles. The number of aliphatic hydroxyl groups excluding tert-OH is 2. The van der Waals surface area contributed by atoms with Gasteiger partial charge in [0.1, 0.15) is 0 Å². The number of hydrogen-bond acceptors (Lipinski definition) is 5. The van der Waals surface area contributed by atoms with Crippen LogP contribution in [0.5, 0.6) is 0 Å². The van der Waals surface area contributed by atoms with Crippen molar-refractivity contribution in [2.45, 2.75) is 443 Å². The third kappa shape index (κ3) is 65.9. The second-order valence-corrected chi connectivity index (χ2v) is 25.6. The van der Waals surface area contributed by atoms with E-state index in [0.29, 0.717) is 25.9 Å². The summed E-state index contributed by atoms with van der Waals surface area (Å²) in [5.74, 6) is -0.00342. The number of esters is 1. The van der Waals surface area contributed by atoms with E-state index in [4.69, 9.17) is 4.74 Å². The zero-order valence-corrected chi connectivity index (χ0v) is 54.2. The van der Waals surface area contributed by atoms with Crippen molar-refractivity contribution in [2.75, 3.05) is 13.2 Å². The summed E-state index contributed by atoms with van der Waals surface area (Å²) in [5.41, 5.74) is 0. The van der Waals surface area contributed by atoms with Crippen molar-refractivity contribution in [3.8, 4) is 0 Å². The molecule has 0 bridgehead atoms. The lowest BCUT2D eigenvalue weighted by Gasteiger charge is -2.22. The number of aliphatic hydroxyl groups is 2. The molecular formula is C73H145NO5. The van der Waals surface area contributed by atoms with Crippen molar-refractivity contribution < 1.29 is 24.5 Å². The minimum absolute atomic E-state index is 0.0231. The lowest BCUT2D eigenvalue weighted by atomic mass is 10.0. The summed E-state index contributed by atoms with van der Waals surface area (Å²) in [6, 6.07) is -0.538. The van der Waals surface area contributed by atoms with Crippen molar-refractivity contribution in [3.63, 3.8) is 0 Å². The van der Waals surface area contributed by atoms with Crippen LogP contribution in [0.3, 0.4) is 0 Å². The zero-order chi connectivity index (χ0) is 57.1. The summed E-state index contributed by atoms with van der Waals surface area (Å²) >= 11 is 0. The van der Waals surface area contributed by atoms with Crippen molar-refractivity contribution in [2.24, 2.45) is 0 Å². The highest BCUT2D eigenvalue weighted by Gasteiger charge is 2.20. The topological polar surface area (TPSA) is 95.9 Å². The number of nitrogens with one attached hydrogen (secondary N) is 1. The Morgan fingerprint density at radius 1 is 0.304 bits per heavy atom. The van der Waals surface area contributed by atoms with E-state index in [-0.39, 0.29) is 18.5 Å². The van der Waals surface area contributed by atoms with E-state index in [1.54, 1.807) is 0 Å². The molecule has 2 unspecified atom stereocenters. The van der Waals surface area contributed by atoms with Crippen LogP contribution >= 0.6 is 0 Å². The Morgan fingerprint density at radius 3 is 0.772 bits per heavy atom. The van der Waals surface area contributed by atoms with E-state index in [9.17, 15) is 19.8 Å². The molecule has 1 amide bonds. The molecule has 79 heavy (non-hydrogen) atoms. The number of carbonyl (C=O) groups excluding carboxylic acids is 2. The molecule has 0 radical (unpaired) electrons. The van der Waals surface area contributed by atoms with E-state index >= 15 is 0 Å². The summed E-state index contributed by atoms with van der Waals surface area (Å²) in [6.45, 7) is 5.01. The predicted molar refractivity (Wildman–Crippen MR) is 347 cm³/mol. The fourth-order valence-corrected chi connectivity index (χ4v) is 12.1. The first kappa shape index (κ1) is 77.9. The monoisotopic (exact) mass is 1120 g/mol. The molecule has 0 aromatic heterocycles. The number of carbonyl (C=O) groups is 2. The molecule has 0 saturated heterocycles. The van der Waals surface area contributed by atoms with Crippen LogP contribution in [0.1, 0.15) is 431 Å². The normalized spacial score (nSPS) is 12.4. The maximum atomic E-state index is 12.5. The van der Waals surface area contributed by atoms with Gasteiger partial charge in [-0.2, -0.15) is 0 Å². The molecule has 0 aliphatic rings.